The van der Waals surface area contributed by atoms with Gasteiger partial charge in [0.15, 0.2) is 0 Å². The standard InChI is InChI=1S/C48H93NO5Si/c1-6-8-10-12-14-16-18-20-22-24-26-28-30-32-34-39-43-52-48(41-37-36-38-42-49(3)45-47(51)46-50)54-55(4,5)53-44-40-35-33-31-29-27-25-23-21-19-17-15-13-11-9-7-2/h14-17,20-23,47-48,50-51H,6-13,18-19,24-46H2,1-5H3/b16-14-,17-15-,22-20-,23-21-. The first-order chi connectivity index (χ1) is 26.8. The summed E-state index contributed by atoms with van der Waals surface area (Å²) in [6.45, 7) is 11.6. The number of unbranched alkanes of at least 4 members (excludes halogenated alkanes) is 20. The summed E-state index contributed by atoms with van der Waals surface area (Å²) in [5.74, 6) is 0. The number of ether oxygens (including phenoxy) is 1. The van der Waals surface area contributed by atoms with Gasteiger partial charge in [0, 0.05) is 19.8 Å². The number of hydrogen-bond acceptors (Lipinski definition) is 6. The molecular weight excluding hydrogens is 699 g/mol. The Kier molecular flexibility index (Phi) is 41.7. The van der Waals surface area contributed by atoms with Crippen molar-refractivity contribution in [3.63, 3.8) is 0 Å². The van der Waals surface area contributed by atoms with Crippen molar-refractivity contribution >= 4 is 8.56 Å². The Morgan fingerprint density at radius 2 is 0.982 bits per heavy atom. The lowest BCUT2D eigenvalue weighted by Gasteiger charge is -2.29. The van der Waals surface area contributed by atoms with Gasteiger partial charge < -0.3 is 28.7 Å². The number of aliphatic hydroxyl groups excluding tert-OH is 2. The molecule has 7 heteroatoms. The predicted octanol–water partition coefficient (Wildman–Crippen LogP) is 13.5. The summed E-state index contributed by atoms with van der Waals surface area (Å²) < 4.78 is 19.3. The first-order valence-electron chi connectivity index (χ1n) is 23.3. The van der Waals surface area contributed by atoms with E-state index in [4.69, 9.17) is 18.7 Å². The van der Waals surface area contributed by atoms with Crippen LogP contribution in [0.4, 0.5) is 0 Å². The third-order valence-electron chi connectivity index (χ3n) is 10.1. The largest absolute Gasteiger partial charge is 0.394 e. The molecule has 324 valence electrons. The Hall–Kier alpha value is -1.06. The van der Waals surface area contributed by atoms with E-state index in [0.717, 1.165) is 71.1 Å². The molecule has 2 unspecified atom stereocenters. The highest BCUT2D eigenvalue weighted by Crippen LogP contribution is 2.19. The fourth-order valence-electron chi connectivity index (χ4n) is 6.62. The average Bonchev–Trinajstić information content (AvgIpc) is 3.16. The van der Waals surface area contributed by atoms with Gasteiger partial charge in [-0.15, -0.1) is 0 Å². The molecule has 0 aliphatic heterocycles. The van der Waals surface area contributed by atoms with Crippen LogP contribution in [0.1, 0.15) is 194 Å². The van der Waals surface area contributed by atoms with Crippen LogP contribution in [0.2, 0.25) is 13.1 Å². The fraction of sp³-hybridized carbons (Fsp3) is 0.833. The summed E-state index contributed by atoms with van der Waals surface area (Å²) in [5, 5.41) is 18.8. The maximum absolute atomic E-state index is 9.71. The predicted molar refractivity (Wildman–Crippen MR) is 242 cm³/mol. The summed E-state index contributed by atoms with van der Waals surface area (Å²) in [4.78, 5) is 2.09. The number of rotatable bonds is 43. The van der Waals surface area contributed by atoms with Crippen molar-refractivity contribution in [1.29, 1.82) is 0 Å². The van der Waals surface area contributed by atoms with E-state index in [2.05, 4.69) is 80.4 Å². The molecule has 0 aromatic heterocycles. The molecule has 0 aromatic carbocycles. The summed E-state index contributed by atoms with van der Waals surface area (Å²) >= 11 is 0. The molecule has 0 aliphatic rings. The Bertz CT molecular complexity index is 892. The van der Waals surface area contributed by atoms with Crippen LogP contribution in [0.25, 0.3) is 0 Å². The van der Waals surface area contributed by atoms with E-state index in [0.29, 0.717) is 6.54 Å². The number of aliphatic hydroxyl groups is 2. The average molecular weight is 792 g/mol. The second-order valence-corrected chi connectivity index (χ2v) is 19.6. The van der Waals surface area contributed by atoms with E-state index >= 15 is 0 Å². The van der Waals surface area contributed by atoms with Crippen LogP contribution < -0.4 is 0 Å². The van der Waals surface area contributed by atoms with E-state index in [-0.39, 0.29) is 12.9 Å². The summed E-state index contributed by atoms with van der Waals surface area (Å²) in [6, 6.07) is 0. The topological polar surface area (TPSA) is 71.4 Å². The maximum atomic E-state index is 9.71. The molecule has 0 heterocycles. The smallest absolute Gasteiger partial charge is 0.333 e. The van der Waals surface area contributed by atoms with Gasteiger partial charge in [0.05, 0.1) is 12.7 Å². The van der Waals surface area contributed by atoms with Crippen LogP contribution in [0.3, 0.4) is 0 Å². The molecule has 0 aromatic rings. The zero-order valence-corrected chi connectivity index (χ0v) is 38.2. The van der Waals surface area contributed by atoms with E-state index in [1.165, 1.54) is 128 Å². The van der Waals surface area contributed by atoms with Gasteiger partial charge in [-0.3, -0.25) is 0 Å². The van der Waals surface area contributed by atoms with Crippen molar-refractivity contribution in [2.75, 3.05) is 40.0 Å². The van der Waals surface area contributed by atoms with Crippen molar-refractivity contribution in [3.05, 3.63) is 48.6 Å². The molecule has 0 bridgehead atoms. The van der Waals surface area contributed by atoms with E-state index in [9.17, 15) is 5.11 Å². The highest BCUT2D eigenvalue weighted by Gasteiger charge is 2.29. The lowest BCUT2D eigenvalue weighted by atomic mass is 10.1. The molecule has 0 saturated heterocycles. The number of likely N-dealkylation sites (N-methyl/N-ethyl adjacent to an activating group) is 1. The third-order valence-corrected chi connectivity index (χ3v) is 11.8. The number of nitrogens with zero attached hydrogens (tertiary/aromatic N) is 1. The van der Waals surface area contributed by atoms with Crippen LogP contribution in [0.15, 0.2) is 48.6 Å². The summed E-state index contributed by atoms with van der Waals surface area (Å²) in [7, 11) is -0.302. The lowest BCUT2D eigenvalue weighted by Crippen LogP contribution is -2.40. The molecule has 0 fully saturated rings. The SMILES string of the molecule is CCCCC/C=C\C/C=C\CCCCCCCCOC(CCCCCN(C)CC(O)CO)O[Si](C)(C)OCCCCCCCC/C=C\C/C=C\CCCCC. The van der Waals surface area contributed by atoms with Crippen molar-refractivity contribution in [3.8, 4) is 0 Å². The molecule has 0 rings (SSSR count). The zero-order valence-electron chi connectivity index (χ0n) is 37.2. The third kappa shape index (κ3) is 42.4. The minimum absolute atomic E-state index is 0.187. The van der Waals surface area contributed by atoms with Gasteiger partial charge in [0.1, 0.15) is 6.29 Å². The van der Waals surface area contributed by atoms with Gasteiger partial charge in [-0.25, -0.2) is 0 Å². The Balaban J connectivity index is 4.29. The van der Waals surface area contributed by atoms with Crippen molar-refractivity contribution in [2.45, 2.75) is 219 Å². The quantitative estimate of drug-likeness (QED) is 0.0277. The van der Waals surface area contributed by atoms with E-state index in [1.807, 2.05) is 7.05 Å². The molecule has 0 aliphatic carbocycles. The summed E-state index contributed by atoms with van der Waals surface area (Å²) in [5.41, 5.74) is 0. The van der Waals surface area contributed by atoms with Crippen LogP contribution in [-0.4, -0.2) is 76.0 Å². The highest BCUT2D eigenvalue weighted by atomic mass is 28.4. The molecule has 0 saturated carbocycles. The lowest BCUT2D eigenvalue weighted by molar-refractivity contribution is -0.104. The van der Waals surface area contributed by atoms with Crippen molar-refractivity contribution in [2.24, 2.45) is 0 Å². The number of hydrogen-bond donors (Lipinski definition) is 2. The Morgan fingerprint density at radius 1 is 0.545 bits per heavy atom. The Morgan fingerprint density at radius 3 is 1.47 bits per heavy atom. The second kappa shape index (κ2) is 42.5. The van der Waals surface area contributed by atoms with Crippen LogP contribution >= 0.6 is 0 Å². The monoisotopic (exact) mass is 792 g/mol. The second-order valence-electron chi connectivity index (χ2n) is 16.3. The summed E-state index contributed by atoms with van der Waals surface area (Å²) in [6.07, 6.45) is 51.8. The van der Waals surface area contributed by atoms with E-state index in [1.54, 1.807) is 0 Å². The molecule has 55 heavy (non-hydrogen) atoms. The minimum atomic E-state index is -2.30. The molecule has 0 spiro atoms. The van der Waals surface area contributed by atoms with Gasteiger partial charge in [-0.2, -0.15) is 0 Å². The number of allylic oxidation sites excluding steroid dienone is 8. The minimum Gasteiger partial charge on any atom is -0.394 e. The zero-order chi connectivity index (χ0) is 40.3. The van der Waals surface area contributed by atoms with Crippen LogP contribution in [-0.2, 0) is 13.6 Å². The normalized spacial score (nSPS) is 13.9. The van der Waals surface area contributed by atoms with Gasteiger partial charge in [0.25, 0.3) is 0 Å². The molecule has 6 nitrogen and oxygen atoms in total. The van der Waals surface area contributed by atoms with Crippen molar-refractivity contribution in [1.82, 2.24) is 4.90 Å². The molecule has 0 radical (unpaired) electrons. The maximum Gasteiger partial charge on any atom is 0.333 e. The highest BCUT2D eigenvalue weighted by molar-refractivity contribution is 6.64. The molecule has 2 N–H and O–H groups in total. The molecule has 2 atom stereocenters. The molecule has 0 amide bonds. The van der Waals surface area contributed by atoms with Gasteiger partial charge in [0.2, 0.25) is 0 Å². The van der Waals surface area contributed by atoms with Crippen molar-refractivity contribution < 1.29 is 23.8 Å². The van der Waals surface area contributed by atoms with Gasteiger partial charge >= 0.3 is 8.56 Å². The van der Waals surface area contributed by atoms with Gasteiger partial charge in [-0.05, 0) is 123 Å². The Labute approximate surface area is 343 Å². The van der Waals surface area contributed by atoms with Gasteiger partial charge in [-0.1, -0.05) is 146 Å². The first kappa shape index (κ1) is 53.9. The van der Waals surface area contributed by atoms with E-state index < -0.39 is 14.7 Å². The van der Waals surface area contributed by atoms with Crippen LogP contribution in [0, 0.1) is 0 Å². The van der Waals surface area contributed by atoms with Crippen LogP contribution in [0.5, 0.6) is 0 Å². The fourth-order valence-corrected chi connectivity index (χ4v) is 8.14. The first-order valence-corrected chi connectivity index (χ1v) is 26.2. The molecular formula is C48H93NO5Si.